The van der Waals surface area contributed by atoms with Crippen LogP contribution >= 0.6 is 11.8 Å². The number of nitrogens with one attached hydrogen (secondary N) is 1. The van der Waals surface area contributed by atoms with E-state index in [2.05, 4.69) is 4.84 Å². The first-order valence-electron chi connectivity index (χ1n) is 3.75. The van der Waals surface area contributed by atoms with E-state index in [-0.39, 0.29) is 5.97 Å². The zero-order chi connectivity index (χ0) is 8.69. The second-order valence-corrected chi connectivity index (χ2v) is 2.57. The molecule has 0 aliphatic rings. The summed E-state index contributed by atoms with van der Waals surface area (Å²) in [5.41, 5.74) is 0. The lowest BCUT2D eigenvalue weighted by Gasteiger charge is -2.07. The van der Waals surface area contributed by atoms with Gasteiger partial charge in [-0.25, -0.2) is 4.84 Å². The van der Waals surface area contributed by atoms with Crippen molar-refractivity contribution in [2.45, 2.75) is 32.7 Å². The van der Waals surface area contributed by atoms with Crippen LogP contribution in [0.4, 0.5) is 0 Å². The van der Waals surface area contributed by atoms with E-state index in [1.807, 2.05) is 6.92 Å². The minimum absolute atomic E-state index is 0.298. The molecule has 0 heterocycles. The molecule has 1 N–H and O–H groups in total. The quantitative estimate of drug-likeness (QED) is 0.395. The van der Waals surface area contributed by atoms with E-state index in [9.17, 15) is 4.79 Å². The number of ether oxygens (including phenoxy) is 1. The number of rotatable bonds is 5. The van der Waals surface area contributed by atoms with Gasteiger partial charge in [0.05, 0.1) is 6.61 Å². The van der Waals surface area contributed by atoms with Crippen molar-refractivity contribution in [1.29, 1.82) is 0 Å². The van der Waals surface area contributed by atoms with Gasteiger partial charge in [-0.15, -0.1) is 0 Å². The Kier molecular flexibility index (Phi) is 6.27. The Morgan fingerprint density at radius 1 is 1.73 bits per heavy atom. The largest absolute Gasteiger partial charge is 0.465 e. The van der Waals surface area contributed by atoms with Gasteiger partial charge in [0.2, 0.25) is 0 Å². The Morgan fingerprint density at radius 3 is 2.82 bits per heavy atom. The molecule has 0 bridgehead atoms. The number of carbonyl (C=O) groups excluding carboxylic acids is 1. The van der Waals surface area contributed by atoms with Crippen LogP contribution in [0.1, 0.15) is 26.7 Å². The van der Waals surface area contributed by atoms with Crippen LogP contribution in [-0.2, 0) is 9.53 Å². The molecule has 3 nitrogen and oxygen atoms in total. The number of carbonyl (C=O) groups is 1. The molecule has 4 heteroatoms. The van der Waals surface area contributed by atoms with Crippen molar-refractivity contribution < 1.29 is 9.53 Å². The Balaban J connectivity index is 3.36. The minimum Gasteiger partial charge on any atom is -0.465 e. The van der Waals surface area contributed by atoms with Crippen LogP contribution < -0.4 is 4.84 Å². The molecule has 0 saturated carbocycles. The van der Waals surface area contributed by atoms with Crippen molar-refractivity contribution in [2.75, 3.05) is 6.61 Å². The minimum atomic E-state index is -0.423. The maximum Gasteiger partial charge on any atom is 0.324 e. The zero-order valence-electron chi connectivity index (χ0n) is 6.89. The summed E-state index contributed by atoms with van der Waals surface area (Å²) in [7, 11) is 0. The highest BCUT2D eigenvalue weighted by Crippen LogP contribution is 1.92. The summed E-state index contributed by atoms with van der Waals surface area (Å²) in [6, 6.07) is -0.423. The first-order valence-corrected chi connectivity index (χ1v) is 4.13. The SMILES string of the molecule is CCCCOC(=O)[C@H](C)NCl. The van der Waals surface area contributed by atoms with Crippen LogP contribution in [0.25, 0.3) is 0 Å². The predicted octanol–water partition coefficient (Wildman–Crippen LogP) is 1.46. The van der Waals surface area contributed by atoms with E-state index in [1.165, 1.54) is 0 Å². The molecule has 0 aromatic rings. The molecule has 0 spiro atoms. The molecule has 0 unspecified atom stereocenters. The van der Waals surface area contributed by atoms with Gasteiger partial charge in [0.1, 0.15) is 6.04 Å². The van der Waals surface area contributed by atoms with Crippen LogP contribution in [0.2, 0.25) is 0 Å². The first-order chi connectivity index (χ1) is 5.22. The van der Waals surface area contributed by atoms with E-state index >= 15 is 0 Å². The molecule has 1 atom stereocenters. The van der Waals surface area contributed by atoms with E-state index in [0.717, 1.165) is 12.8 Å². The van der Waals surface area contributed by atoms with E-state index in [0.29, 0.717) is 6.61 Å². The van der Waals surface area contributed by atoms with Crippen LogP contribution in [0.3, 0.4) is 0 Å². The summed E-state index contributed by atoms with van der Waals surface area (Å²) in [6.07, 6.45) is 1.93. The molecule has 0 aliphatic heterocycles. The summed E-state index contributed by atoms with van der Waals surface area (Å²) in [5.74, 6) is -0.298. The number of hydrogen-bond acceptors (Lipinski definition) is 3. The Labute approximate surface area is 72.2 Å². The summed E-state index contributed by atoms with van der Waals surface area (Å²) in [5, 5.41) is 0. The maximum atomic E-state index is 10.9. The third kappa shape index (κ3) is 5.04. The number of unbranched alkanes of at least 4 members (excludes halogenated alkanes) is 1. The number of halogens is 1. The predicted molar refractivity (Wildman–Crippen MR) is 44.3 cm³/mol. The molecule has 11 heavy (non-hydrogen) atoms. The lowest BCUT2D eigenvalue weighted by molar-refractivity contribution is -0.145. The van der Waals surface area contributed by atoms with E-state index in [1.54, 1.807) is 6.92 Å². The highest BCUT2D eigenvalue weighted by molar-refractivity contribution is 6.14. The molecular formula is C7H14ClNO2. The van der Waals surface area contributed by atoms with Gasteiger partial charge in [0, 0.05) is 0 Å². The monoisotopic (exact) mass is 179 g/mol. The van der Waals surface area contributed by atoms with Gasteiger partial charge in [-0.3, -0.25) is 4.79 Å². The average molecular weight is 180 g/mol. The Hall–Kier alpha value is -0.280. The van der Waals surface area contributed by atoms with Gasteiger partial charge in [-0.1, -0.05) is 13.3 Å². The number of esters is 1. The van der Waals surface area contributed by atoms with E-state index in [4.69, 9.17) is 16.5 Å². The molecule has 0 amide bonds. The third-order valence-corrected chi connectivity index (χ3v) is 1.59. The van der Waals surface area contributed by atoms with Gasteiger partial charge in [-0.05, 0) is 25.1 Å². The van der Waals surface area contributed by atoms with Crippen molar-refractivity contribution >= 4 is 17.7 Å². The van der Waals surface area contributed by atoms with Gasteiger partial charge in [0.15, 0.2) is 0 Å². The van der Waals surface area contributed by atoms with Crippen LogP contribution in [-0.4, -0.2) is 18.6 Å². The fraction of sp³-hybridized carbons (Fsp3) is 0.857. The van der Waals surface area contributed by atoms with Crippen molar-refractivity contribution in [3.8, 4) is 0 Å². The highest BCUT2D eigenvalue weighted by Gasteiger charge is 2.11. The second-order valence-electron chi connectivity index (χ2n) is 2.35. The van der Waals surface area contributed by atoms with Crippen LogP contribution in [0, 0.1) is 0 Å². The van der Waals surface area contributed by atoms with Crippen LogP contribution in [0.15, 0.2) is 0 Å². The fourth-order valence-electron chi connectivity index (χ4n) is 0.487. The summed E-state index contributed by atoms with van der Waals surface area (Å²) in [6.45, 7) is 4.18. The van der Waals surface area contributed by atoms with Crippen LogP contribution in [0.5, 0.6) is 0 Å². The Bertz CT molecular complexity index is 119. The maximum absolute atomic E-state index is 10.9. The number of hydrogen-bond donors (Lipinski definition) is 1. The van der Waals surface area contributed by atoms with Gasteiger partial charge in [-0.2, -0.15) is 0 Å². The summed E-state index contributed by atoms with van der Waals surface area (Å²) in [4.78, 5) is 13.2. The first kappa shape index (κ1) is 10.7. The molecule has 0 aliphatic carbocycles. The van der Waals surface area contributed by atoms with Gasteiger partial charge in [0.25, 0.3) is 0 Å². The van der Waals surface area contributed by atoms with Crippen molar-refractivity contribution in [3.05, 3.63) is 0 Å². The standard InChI is InChI=1S/C7H14ClNO2/c1-3-4-5-11-7(10)6(2)9-8/h6,9H,3-5H2,1-2H3/t6-/m0/s1. The third-order valence-electron chi connectivity index (χ3n) is 1.26. The smallest absolute Gasteiger partial charge is 0.324 e. The second kappa shape index (κ2) is 6.43. The summed E-state index contributed by atoms with van der Waals surface area (Å²) < 4.78 is 4.85. The van der Waals surface area contributed by atoms with Crippen molar-refractivity contribution in [1.82, 2.24) is 4.84 Å². The molecule has 0 aromatic heterocycles. The fourth-order valence-corrected chi connectivity index (χ4v) is 0.576. The Morgan fingerprint density at radius 2 is 2.36 bits per heavy atom. The zero-order valence-corrected chi connectivity index (χ0v) is 7.65. The van der Waals surface area contributed by atoms with Crippen molar-refractivity contribution in [2.24, 2.45) is 0 Å². The lowest BCUT2D eigenvalue weighted by Crippen LogP contribution is -2.29. The summed E-state index contributed by atoms with van der Waals surface area (Å²) >= 11 is 5.21. The normalized spacial score (nSPS) is 12.6. The molecule has 0 saturated heterocycles. The average Bonchev–Trinajstić information content (AvgIpc) is 2.03. The lowest BCUT2D eigenvalue weighted by atomic mass is 10.3. The molecular weight excluding hydrogens is 166 g/mol. The van der Waals surface area contributed by atoms with E-state index < -0.39 is 6.04 Å². The molecule has 0 radical (unpaired) electrons. The van der Waals surface area contributed by atoms with Crippen molar-refractivity contribution in [3.63, 3.8) is 0 Å². The molecule has 66 valence electrons. The topological polar surface area (TPSA) is 38.3 Å². The molecule has 0 fully saturated rings. The van der Waals surface area contributed by atoms with Gasteiger partial charge < -0.3 is 4.74 Å². The highest BCUT2D eigenvalue weighted by atomic mass is 35.5. The van der Waals surface area contributed by atoms with Gasteiger partial charge >= 0.3 is 5.97 Å². The molecule has 0 rings (SSSR count). The molecule has 0 aromatic carbocycles.